The predicted octanol–water partition coefficient (Wildman–Crippen LogP) is 4.17. The van der Waals surface area contributed by atoms with Crippen LogP contribution in [0.4, 0.5) is 5.95 Å². The quantitative estimate of drug-likeness (QED) is 0.487. The molecule has 1 fully saturated rings. The van der Waals surface area contributed by atoms with E-state index < -0.39 is 0 Å². The largest absolute Gasteiger partial charge is 0.371 e. The van der Waals surface area contributed by atoms with E-state index in [1.807, 2.05) is 30.2 Å². The smallest absolute Gasteiger partial charge is 0.225 e. The standard InChI is InChI=1S/C24H23N5OS/c1-2-4-17(5-3-1)22-15-30-16-23-27-20-7-6-18(12-21(20)29(22)23)19-13-25-24(26-14-19)28-8-10-31-11-9-28/h1-7,12-14,22H,8-11,15-16H2/t22-/m1/s1. The summed E-state index contributed by atoms with van der Waals surface area (Å²) in [5.74, 6) is 4.08. The van der Waals surface area contributed by atoms with Crippen molar-refractivity contribution >= 4 is 28.7 Å². The molecule has 156 valence electrons. The average Bonchev–Trinajstić information content (AvgIpc) is 3.23. The topological polar surface area (TPSA) is 56.1 Å². The first kappa shape index (κ1) is 18.8. The molecule has 31 heavy (non-hydrogen) atoms. The van der Waals surface area contributed by atoms with Crippen LogP contribution < -0.4 is 4.90 Å². The maximum atomic E-state index is 5.87. The number of hydrogen-bond acceptors (Lipinski definition) is 6. The summed E-state index contributed by atoms with van der Waals surface area (Å²) in [6, 6.07) is 17.1. The summed E-state index contributed by atoms with van der Waals surface area (Å²) in [7, 11) is 0. The maximum absolute atomic E-state index is 5.87. The van der Waals surface area contributed by atoms with E-state index in [0.717, 1.165) is 58.5 Å². The molecule has 2 aromatic carbocycles. The number of nitrogens with zero attached hydrogens (tertiary/aromatic N) is 5. The molecule has 6 nitrogen and oxygen atoms in total. The van der Waals surface area contributed by atoms with Crippen LogP contribution in [0.15, 0.2) is 60.9 Å². The Kier molecular flexibility index (Phi) is 4.85. The molecule has 0 amide bonds. The second kappa shape index (κ2) is 7.98. The second-order valence-corrected chi connectivity index (χ2v) is 9.14. The Morgan fingerprint density at radius 2 is 1.74 bits per heavy atom. The van der Waals surface area contributed by atoms with Crippen molar-refractivity contribution in [3.63, 3.8) is 0 Å². The molecule has 0 spiro atoms. The van der Waals surface area contributed by atoms with E-state index in [4.69, 9.17) is 9.72 Å². The third kappa shape index (κ3) is 3.47. The zero-order chi connectivity index (χ0) is 20.6. The molecule has 6 rings (SSSR count). The van der Waals surface area contributed by atoms with Crippen molar-refractivity contribution < 1.29 is 4.74 Å². The van der Waals surface area contributed by atoms with E-state index in [9.17, 15) is 0 Å². The van der Waals surface area contributed by atoms with Crippen molar-refractivity contribution in [1.82, 2.24) is 19.5 Å². The fourth-order valence-electron chi connectivity index (χ4n) is 4.43. The van der Waals surface area contributed by atoms with Crippen molar-refractivity contribution in [3.8, 4) is 11.1 Å². The highest BCUT2D eigenvalue weighted by Crippen LogP contribution is 2.32. The van der Waals surface area contributed by atoms with Crippen molar-refractivity contribution in [2.24, 2.45) is 0 Å². The molecule has 0 aliphatic carbocycles. The number of hydrogen-bond donors (Lipinski definition) is 0. The van der Waals surface area contributed by atoms with E-state index in [0.29, 0.717) is 13.2 Å². The van der Waals surface area contributed by atoms with E-state index in [1.54, 1.807) is 0 Å². The van der Waals surface area contributed by atoms with Gasteiger partial charge in [0.2, 0.25) is 5.95 Å². The summed E-state index contributed by atoms with van der Waals surface area (Å²) < 4.78 is 8.20. The lowest BCUT2D eigenvalue weighted by Gasteiger charge is -2.26. The van der Waals surface area contributed by atoms with Gasteiger partial charge in [-0.05, 0) is 23.3 Å². The highest BCUT2D eigenvalue weighted by Gasteiger charge is 2.25. The average molecular weight is 430 g/mol. The summed E-state index contributed by atoms with van der Waals surface area (Å²) in [4.78, 5) is 16.4. The lowest BCUT2D eigenvalue weighted by molar-refractivity contribution is 0.0679. The van der Waals surface area contributed by atoms with Crippen LogP contribution in [0, 0.1) is 0 Å². The van der Waals surface area contributed by atoms with Crippen molar-refractivity contribution in [3.05, 3.63) is 72.3 Å². The van der Waals surface area contributed by atoms with Gasteiger partial charge in [0, 0.05) is 42.6 Å². The van der Waals surface area contributed by atoms with Gasteiger partial charge >= 0.3 is 0 Å². The number of imidazole rings is 1. The lowest BCUT2D eigenvalue weighted by Crippen LogP contribution is -2.33. The Balaban J connectivity index is 1.38. The Labute approximate surface area is 185 Å². The van der Waals surface area contributed by atoms with Gasteiger partial charge in [0.1, 0.15) is 12.4 Å². The SMILES string of the molecule is c1ccc([C@H]2COCc3nc4ccc(-c5cnc(N6CCSCC6)nc5)cc4n32)cc1. The van der Waals surface area contributed by atoms with Gasteiger partial charge in [-0.15, -0.1) is 0 Å². The van der Waals surface area contributed by atoms with Crippen LogP contribution in [0.5, 0.6) is 0 Å². The fourth-order valence-corrected chi connectivity index (χ4v) is 5.33. The highest BCUT2D eigenvalue weighted by molar-refractivity contribution is 7.99. The molecule has 1 atom stereocenters. The maximum Gasteiger partial charge on any atom is 0.225 e. The van der Waals surface area contributed by atoms with Crippen LogP contribution in [0.3, 0.4) is 0 Å². The van der Waals surface area contributed by atoms with E-state index in [2.05, 4.69) is 61.9 Å². The molecule has 7 heteroatoms. The molecule has 0 N–H and O–H groups in total. The molecule has 4 aromatic rings. The second-order valence-electron chi connectivity index (χ2n) is 7.91. The number of ether oxygens (including phenoxy) is 1. The van der Waals surface area contributed by atoms with Crippen LogP contribution >= 0.6 is 11.8 Å². The molecule has 0 unspecified atom stereocenters. The number of thioether (sulfide) groups is 1. The highest BCUT2D eigenvalue weighted by atomic mass is 32.2. The van der Waals surface area contributed by atoms with E-state index in [-0.39, 0.29) is 6.04 Å². The number of fused-ring (bicyclic) bond motifs is 3. The molecule has 2 aliphatic heterocycles. The monoisotopic (exact) mass is 429 g/mol. The van der Waals surface area contributed by atoms with Gasteiger partial charge in [-0.3, -0.25) is 0 Å². The first-order valence-electron chi connectivity index (χ1n) is 10.7. The third-order valence-electron chi connectivity index (χ3n) is 6.03. The summed E-state index contributed by atoms with van der Waals surface area (Å²) in [5, 5.41) is 0. The molecule has 4 heterocycles. The molecule has 2 aromatic heterocycles. The van der Waals surface area contributed by atoms with Gasteiger partial charge in [-0.2, -0.15) is 11.8 Å². The Morgan fingerprint density at radius 1 is 0.935 bits per heavy atom. The van der Waals surface area contributed by atoms with Gasteiger partial charge < -0.3 is 14.2 Å². The van der Waals surface area contributed by atoms with Crippen molar-refractivity contribution in [1.29, 1.82) is 0 Å². The van der Waals surface area contributed by atoms with E-state index >= 15 is 0 Å². The normalized spacial score (nSPS) is 18.8. The minimum absolute atomic E-state index is 0.126. The Morgan fingerprint density at radius 3 is 2.55 bits per heavy atom. The number of aromatic nitrogens is 4. The fraction of sp³-hybridized carbons (Fsp3) is 0.292. The number of anilines is 1. The minimum atomic E-state index is 0.126. The van der Waals surface area contributed by atoms with Crippen LogP contribution in [-0.2, 0) is 11.3 Å². The summed E-state index contributed by atoms with van der Waals surface area (Å²) in [6.45, 7) is 3.22. The third-order valence-corrected chi connectivity index (χ3v) is 6.97. The lowest BCUT2D eigenvalue weighted by atomic mass is 10.1. The van der Waals surface area contributed by atoms with Crippen molar-refractivity contribution in [2.75, 3.05) is 36.1 Å². The van der Waals surface area contributed by atoms with Crippen molar-refractivity contribution in [2.45, 2.75) is 12.6 Å². The van der Waals surface area contributed by atoms with Gasteiger partial charge in [0.05, 0.1) is 23.7 Å². The minimum Gasteiger partial charge on any atom is -0.371 e. The van der Waals surface area contributed by atoms with Crippen LogP contribution in [0.25, 0.3) is 22.2 Å². The van der Waals surface area contributed by atoms with Gasteiger partial charge in [-0.1, -0.05) is 36.4 Å². The Bertz CT molecular complexity index is 1200. The molecule has 0 bridgehead atoms. The first-order chi connectivity index (χ1) is 15.4. The molecule has 2 aliphatic rings. The molecular formula is C24H23N5OS. The summed E-state index contributed by atoms with van der Waals surface area (Å²) in [6.07, 6.45) is 3.88. The van der Waals surface area contributed by atoms with Crippen LogP contribution in [-0.4, -0.2) is 50.7 Å². The zero-order valence-corrected chi connectivity index (χ0v) is 18.0. The van der Waals surface area contributed by atoms with Gasteiger partial charge in [0.25, 0.3) is 0 Å². The molecular weight excluding hydrogens is 406 g/mol. The number of rotatable bonds is 3. The summed E-state index contributed by atoms with van der Waals surface area (Å²) >= 11 is 1.99. The Hall–Kier alpha value is -2.90. The molecule has 0 radical (unpaired) electrons. The summed E-state index contributed by atoms with van der Waals surface area (Å²) in [5.41, 5.74) is 5.49. The zero-order valence-electron chi connectivity index (χ0n) is 17.1. The van der Waals surface area contributed by atoms with E-state index in [1.165, 1.54) is 5.56 Å². The molecule has 0 saturated carbocycles. The van der Waals surface area contributed by atoms with Gasteiger partial charge in [0.15, 0.2) is 0 Å². The van der Waals surface area contributed by atoms with Crippen LogP contribution in [0.2, 0.25) is 0 Å². The van der Waals surface area contributed by atoms with Gasteiger partial charge in [-0.25, -0.2) is 15.0 Å². The first-order valence-corrected chi connectivity index (χ1v) is 11.8. The molecule has 1 saturated heterocycles. The number of benzene rings is 2. The predicted molar refractivity (Wildman–Crippen MR) is 125 cm³/mol. The van der Waals surface area contributed by atoms with Crippen LogP contribution in [0.1, 0.15) is 17.4 Å².